The molecule has 4 nitrogen and oxygen atoms in total. The van der Waals surface area contributed by atoms with Gasteiger partial charge in [-0.05, 0) is 44.6 Å². The zero-order valence-electron chi connectivity index (χ0n) is 11.4. The quantitative estimate of drug-likeness (QED) is 0.781. The van der Waals surface area contributed by atoms with Crippen molar-refractivity contribution in [3.05, 3.63) is 0 Å². The smallest absolute Gasteiger partial charge is 0.221 e. The van der Waals surface area contributed by atoms with Gasteiger partial charge in [-0.15, -0.1) is 0 Å². The second-order valence-electron chi connectivity index (χ2n) is 5.66. The van der Waals surface area contributed by atoms with Crippen molar-refractivity contribution >= 4 is 5.91 Å². The Labute approximate surface area is 110 Å². The lowest BCUT2D eigenvalue weighted by molar-refractivity contribution is -0.122. The molecule has 2 heterocycles. The molecule has 0 aromatic rings. The van der Waals surface area contributed by atoms with Crippen LogP contribution in [0.15, 0.2) is 0 Å². The number of hydrogen-bond donors (Lipinski definition) is 2. The zero-order valence-corrected chi connectivity index (χ0v) is 11.4. The Bertz CT molecular complexity index is 265. The van der Waals surface area contributed by atoms with Crippen LogP contribution in [-0.2, 0) is 9.53 Å². The van der Waals surface area contributed by atoms with Crippen molar-refractivity contribution in [2.75, 3.05) is 19.7 Å². The lowest BCUT2D eigenvalue weighted by Crippen LogP contribution is -2.43. The molecular formula is C14H26N2O2. The highest BCUT2D eigenvalue weighted by molar-refractivity contribution is 5.76. The van der Waals surface area contributed by atoms with Crippen molar-refractivity contribution in [1.82, 2.24) is 10.6 Å². The van der Waals surface area contributed by atoms with Gasteiger partial charge < -0.3 is 15.4 Å². The molecule has 0 aliphatic carbocycles. The van der Waals surface area contributed by atoms with Gasteiger partial charge in [0.1, 0.15) is 0 Å². The van der Waals surface area contributed by atoms with Gasteiger partial charge in [-0.3, -0.25) is 4.79 Å². The number of nitrogens with one attached hydrogen (secondary N) is 2. The number of carbonyl (C=O) groups excluding carboxylic acids is 1. The Morgan fingerprint density at radius 3 is 3.00 bits per heavy atom. The third kappa shape index (κ3) is 4.25. The first kappa shape index (κ1) is 13.8. The molecule has 18 heavy (non-hydrogen) atoms. The van der Waals surface area contributed by atoms with Gasteiger partial charge in [0.25, 0.3) is 0 Å². The van der Waals surface area contributed by atoms with Crippen LogP contribution in [0.5, 0.6) is 0 Å². The van der Waals surface area contributed by atoms with Gasteiger partial charge >= 0.3 is 0 Å². The van der Waals surface area contributed by atoms with E-state index in [-0.39, 0.29) is 5.91 Å². The fourth-order valence-electron chi connectivity index (χ4n) is 2.90. The minimum Gasteiger partial charge on any atom is -0.378 e. The Morgan fingerprint density at radius 1 is 1.39 bits per heavy atom. The monoisotopic (exact) mass is 254 g/mol. The Hall–Kier alpha value is -0.610. The molecule has 0 radical (unpaired) electrons. The normalized spacial score (nSPS) is 32.4. The van der Waals surface area contributed by atoms with Crippen molar-refractivity contribution in [2.24, 2.45) is 5.92 Å². The van der Waals surface area contributed by atoms with Crippen LogP contribution in [-0.4, -0.2) is 37.7 Å². The summed E-state index contributed by atoms with van der Waals surface area (Å²) in [4.78, 5) is 11.8. The standard InChI is InChI=1S/C14H26N2O2/c1-11-4-2-7-15-13(11)10-14(17)16-8-6-12-5-3-9-18-12/h11-13,15H,2-10H2,1H3,(H,16,17). The van der Waals surface area contributed by atoms with E-state index in [4.69, 9.17) is 4.74 Å². The average molecular weight is 254 g/mol. The fraction of sp³-hybridized carbons (Fsp3) is 0.929. The molecule has 3 unspecified atom stereocenters. The molecule has 2 aliphatic rings. The van der Waals surface area contributed by atoms with Crippen molar-refractivity contribution in [3.8, 4) is 0 Å². The third-order valence-electron chi connectivity index (χ3n) is 4.15. The molecule has 2 fully saturated rings. The molecule has 2 aliphatic heterocycles. The van der Waals surface area contributed by atoms with Crippen molar-refractivity contribution in [1.29, 1.82) is 0 Å². The van der Waals surface area contributed by atoms with Gasteiger partial charge in [0, 0.05) is 25.6 Å². The maximum atomic E-state index is 11.8. The molecule has 0 spiro atoms. The van der Waals surface area contributed by atoms with Crippen LogP contribution in [0.4, 0.5) is 0 Å². The van der Waals surface area contributed by atoms with Gasteiger partial charge in [0.05, 0.1) is 6.10 Å². The van der Waals surface area contributed by atoms with Crippen LogP contribution in [0, 0.1) is 5.92 Å². The lowest BCUT2D eigenvalue weighted by atomic mass is 9.90. The summed E-state index contributed by atoms with van der Waals surface area (Å²) in [5.41, 5.74) is 0. The van der Waals surface area contributed by atoms with Crippen LogP contribution in [0.3, 0.4) is 0 Å². The SMILES string of the molecule is CC1CCCNC1CC(=O)NCCC1CCCO1. The van der Waals surface area contributed by atoms with E-state index in [1.165, 1.54) is 19.3 Å². The van der Waals surface area contributed by atoms with Crippen LogP contribution < -0.4 is 10.6 Å². The molecule has 2 saturated heterocycles. The molecule has 2 N–H and O–H groups in total. The number of amides is 1. The molecule has 4 heteroatoms. The van der Waals surface area contributed by atoms with Crippen molar-refractivity contribution < 1.29 is 9.53 Å². The molecule has 0 aromatic carbocycles. The predicted octanol–water partition coefficient (Wildman–Crippen LogP) is 1.45. The van der Waals surface area contributed by atoms with Crippen LogP contribution in [0.1, 0.15) is 45.4 Å². The van der Waals surface area contributed by atoms with E-state index in [0.717, 1.165) is 32.5 Å². The van der Waals surface area contributed by atoms with Crippen LogP contribution >= 0.6 is 0 Å². The number of piperidine rings is 1. The molecule has 3 atom stereocenters. The molecule has 0 saturated carbocycles. The summed E-state index contributed by atoms with van der Waals surface area (Å²) in [6, 6.07) is 0.362. The minimum atomic E-state index is 0.180. The predicted molar refractivity (Wildman–Crippen MR) is 71.4 cm³/mol. The summed E-state index contributed by atoms with van der Waals surface area (Å²) >= 11 is 0. The number of rotatable bonds is 5. The molecule has 1 amide bonds. The van der Waals surface area contributed by atoms with Crippen LogP contribution in [0.25, 0.3) is 0 Å². The van der Waals surface area contributed by atoms with E-state index >= 15 is 0 Å². The van der Waals surface area contributed by atoms with E-state index < -0.39 is 0 Å². The van der Waals surface area contributed by atoms with Crippen LogP contribution in [0.2, 0.25) is 0 Å². The highest BCUT2D eigenvalue weighted by Crippen LogP contribution is 2.18. The van der Waals surface area contributed by atoms with E-state index in [0.29, 0.717) is 24.5 Å². The maximum Gasteiger partial charge on any atom is 0.221 e. The number of hydrogen-bond acceptors (Lipinski definition) is 3. The number of ether oxygens (including phenoxy) is 1. The first-order chi connectivity index (χ1) is 8.75. The largest absolute Gasteiger partial charge is 0.378 e. The van der Waals surface area contributed by atoms with Gasteiger partial charge in [0.15, 0.2) is 0 Å². The second-order valence-corrected chi connectivity index (χ2v) is 5.66. The fourth-order valence-corrected chi connectivity index (χ4v) is 2.90. The molecule has 0 bridgehead atoms. The number of carbonyl (C=O) groups is 1. The first-order valence-electron chi connectivity index (χ1n) is 7.37. The summed E-state index contributed by atoms with van der Waals surface area (Å²) < 4.78 is 5.54. The molecule has 2 rings (SSSR count). The van der Waals surface area contributed by atoms with E-state index in [2.05, 4.69) is 17.6 Å². The first-order valence-corrected chi connectivity index (χ1v) is 7.37. The maximum absolute atomic E-state index is 11.8. The van der Waals surface area contributed by atoms with E-state index in [1.54, 1.807) is 0 Å². The highest BCUT2D eigenvalue weighted by Gasteiger charge is 2.23. The average Bonchev–Trinajstić information content (AvgIpc) is 2.85. The topological polar surface area (TPSA) is 50.4 Å². The minimum absolute atomic E-state index is 0.180. The summed E-state index contributed by atoms with van der Waals surface area (Å²) in [6.07, 6.45) is 6.74. The van der Waals surface area contributed by atoms with Gasteiger partial charge in [-0.2, -0.15) is 0 Å². The Morgan fingerprint density at radius 2 is 2.28 bits per heavy atom. The second kappa shape index (κ2) is 7.10. The van der Waals surface area contributed by atoms with Gasteiger partial charge in [0.2, 0.25) is 5.91 Å². The molecule has 0 aromatic heterocycles. The molecular weight excluding hydrogens is 228 g/mol. The summed E-state index contributed by atoms with van der Waals surface area (Å²) in [5.74, 6) is 0.793. The molecule has 104 valence electrons. The summed E-state index contributed by atoms with van der Waals surface area (Å²) in [6.45, 7) is 4.93. The Kier molecular flexibility index (Phi) is 5.45. The van der Waals surface area contributed by atoms with Crippen molar-refractivity contribution in [2.45, 2.75) is 57.6 Å². The third-order valence-corrected chi connectivity index (χ3v) is 4.15. The highest BCUT2D eigenvalue weighted by atomic mass is 16.5. The Balaban J connectivity index is 1.59. The lowest BCUT2D eigenvalue weighted by Gasteiger charge is -2.29. The summed E-state index contributed by atoms with van der Waals surface area (Å²) in [5, 5.41) is 6.46. The summed E-state index contributed by atoms with van der Waals surface area (Å²) in [7, 11) is 0. The van der Waals surface area contributed by atoms with Gasteiger partial charge in [-0.25, -0.2) is 0 Å². The van der Waals surface area contributed by atoms with E-state index in [1.807, 2.05) is 0 Å². The van der Waals surface area contributed by atoms with Crippen molar-refractivity contribution in [3.63, 3.8) is 0 Å². The van der Waals surface area contributed by atoms with E-state index in [9.17, 15) is 4.79 Å². The van der Waals surface area contributed by atoms with Gasteiger partial charge in [-0.1, -0.05) is 6.92 Å². The zero-order chi connectivity index (χ0) is 12.8.